The van der Waals surface area contributed by atoms with Crippen molar-refractivity contribution in [1.82, 2.24) is 34.7 Å². The van der Waals surface area contributed by atoms with E-state index in [4.69, 9.17) is 16.7 Å². The minimum atomic E-state index is -0.333. The molecule has 0 atom stereocenters. The third-order valence-corrected chi connectivity index (χ3v) is 7.67. The van der Waals surface area contributed by atoms with Crippen molar-refractivity contribution in [3.63, 3.8) is 0 Å². The number of H-pyrrole nitrogens is 1. The van der Waals surface area contributed by atoms with Gasteiger partial charge in [0.25, 0.3) is 0 Å². The molecule has 2 aromatic carbocycles. The van der Waals surface area contributed by atoms with Crippen molar-refractivity contribution in [1.29, 1.82) is 0 Å². The van der Waals surface area contributed by atoms with Crippen LogP contribution in [0.3, 0.4) is 0 Å². The van der Waals surface area contributed by atoms with E-state index in [1.807, 2.05) is 41.8 Å². The molecule has 1 saturated heterocycles. The fraction of sp³-hybridized carbons (Fsp3) is 0.259. The molecule has 0 unspecified atom stereocenters. The monoisotopic (exact) mass is 783 g/mol. The molecule has 2 aliphatic rings. The number of fused-ring (bicyclic) bond motifs is 2. The van der Waals surface area contributed by atoms with Crippen LogP contribution >= 0.6 is 11.6 Å². The Kier molecular flexibility index (Phi) is 7.70. The largest absolute Gasteiger partial charge is 2.00 e. The summed E-state index contributed by atoms with van der Waals surface area (Å²) in [7, 11) is 3.45. The van der Waals surface area contributed by atoms with Crippen LogP contribution in [-0.2, 0) is 7.05 Å². The molecule has 0 saturated carbocycles. The molecule has 1 N–H and O–H groups in total. The van der Waals surface area contributed by atoms with E-state index in [-0.39, 0.29) is 49.1 Å². The molecule has 2 amide bonds. The number of aromatic nitrogens is 6. The summed E-state index contributed by atoms with van der Waals surface area (Å²) >= 11 is 6.96. The molecule has 202 valence electrons. The Balaban J connectivity index is 0.000000595. The summed E-state index contributed by atoms with van der Waals surface area (Å²) in [6, 6.07) is 8.13. The molecule has 2 aliphatic heterocycles. The first kappa shape index (κ1) is 28.2. The zero-order chi connectivity index (χ0) is 27.4. The van der Waals surface area contributed by atoms with Crippen molar-refractivity contribution in [2.24, 2.45) is 7.05 Å². The molecule has 0 bridgehead atoms. The maximum absolute atomic E-state index is 12.0. The maximum atomic E-state index is 12.0. The summed E-state index contributed by atoms with van der Waals surface area (Å²) in [5.41, 5.74) is 7.63. The van der Waals surface area contributed by atoms with Crippen LogP contribution < -0.4 is 0 Å². The number of carbonyl (C=O) groups excluding carboxylic acids is 1. The van der Waals surface area contributed by atoms with Crippen LogP contribution in [-0.4, -0.2) is 60.8 Å². The minimum Gasteiger partial charge on any atom is -0.640 e. The Morgan fingerprint density at radius 2 is 1.93 bits per heavy atom. The van der Waals surface area contributed by atoms with Crippen molar-refractivity contribution in [2.75, 3.05) is 20.1 Å². The Hall–Kier alpha value is -3.33. The van der Waals surface area contributed by atoms with Crippen molar-refractivity contribution >= 4 is 39.4 Å². The fourth-order valence-corrected chi connectivity index (χ4v) is 5.31. The zero-order valence-electron chi connectivity index (χ0n) is 22.3. The molecule has 0 radical (unpaired) electrons. The van der Waals surface area contributed by atoms with Crippen molar-refractivity contribution in [2.45, 2.75) is 19.9 Å². The van der Waals surface area contributed by atoms with Gasteiger partial charge in [-0.15, -0.1) is 0 Å². The van der Waals surface area contributed by atoms with Gasteiger partial charge in [-0.2, -0.15) is 21.5 Å². The standard InChI is InChI=1S/C25H25ClN8O.C2HFN.U/c1-13-7-19-18(10-28-30-19)22(23(13)26)21-14(2)34(17-11-33(12-17)25(35)27-3)31-24(21)15-5-6-20-16(8-15)9-29-32(20)4;3-2-1-4-2;/h5-10,17H,11-12H2,1-4H3,(H2,27,28,30,35);1H;/q;-1;+2/p-1. The molecular formula is C27H25ClFN9OU. The van der Waals surface area contributed by atoms with E-state index in [0.717, 1.165) is 55.4 Å². The molecule has 1 fully saturated rings. The number of carbonyl (C=O) groups is 1. The number of aryl methyl sites for hydroxylation is 2. The van der Waals surface area contributed by atoms with Crippen molar-refractivity contribution in [3.8, 4) is 22.4 Å². The number of likely N-dealkylation sites (tertiary alicyclic amines) is 1. The van der Waals surface area contributed by atoms with Crippen molar-refractivity contribution < 1.29 is 40.3 Å². The first-order valence-electron chi connectivity index (χ1n) is 12.4. The average Bonchev–Trinajstić information content (AvgIpc) is 3.25. The first-order chi connectivity index (χ1) is 18.8. The molecule has 5 aromatic rings. The van der Waals surface area contributed by atoms with E-state index in [1.165, 1.54) is 13.2 Å². The van der Waals surface area contributed by atoms with Crippen LogP contribution in [0.2, 0.25) is 5.02 Å². The van der Waals surface area contributed by atoms with Gasteiger partial charge in [-0.1, -0.05) is 24.7 Å². The Bertz CT molecular complexity index is 1780. The second kappa shape index (κ2) is 10.9. The summed E-state index contributed by atoms with van der Waals surface area (Å²) in [6.07, 6.45) is 4.84. The number of hydrogen-bond acceptors (Lipinski definition) is 4. The van der Waals surface area contributed by atoms with Gasteiger partial charge in [-0.3, -0.25) is 19.3 Å². The number of urea groups is 1. The summed E-state index contributed by atoms with van der Waals surface area (Å²) in [4.78, 5) is 13.7. The Labute approximate surface area is 258 Å². The van der Waals surface area contributed by atoms with Gasteiger partial charge in [0.2, 0.25) is 0 Å². The Morgan fingerprint density at radius 1 is 1.20 bits per heavy atom. The maximum Gasteiger partial charge on any atom is 2.00 e. The van der Waals surface area contributed by atoms with Crippen LogP contribution in [0.25, 0.3) is 54.8 Å². The number of nitrogens with zero attached hydrogens (tertiary/aromatic N) is 8. The quantitative estimate of drug-likeness (QED) is 0.215. The van der Waals surface area contributed by atoms with Gasteiger partial charge in [0, 0.05) is 40.2 Å². The molecule has 0 aliphatic carbocycles. The summed E-state index contributed by atoms with van der Waals surface area (Å²) in [6.45, 7) is 5.20. The number of nitrogens with one attached hydrogen (secondary N) is 1. The number of aromatic amines is 1. The number of benzene rings is 2. The van der Waals surface area contributed by atoms with Crippen LogP contribution in [0, 0.1) is 45.0 Å². The third kappa shape index (κ3) is 4.89. The molecule has 10 nitrogen and oxygen atoms in total. The van der Waals surface area contributed by atoms with Crippen molar-refractivity contribution in [3.05, 3.63) is 75.7 Å². The molecule has 40 heavy (non-hydrogen) atoms. The van der Waals surface area contributed by atoms with E-state index in [1.54, 1.807) is 4.90 Å². The van der Waals surface area contributed by atoms with Gasteiger partial charge in [0.05, 0.1) is 34.5 Å². The SMILES string of the molecule is C[N-]C(=O)N1CC(n2nc(-c3ccc4c(cnn4C)c3)c(-c3c(Cl)c(C)cc4[nH]ncc34)c2C)C1.FC1=C[N-]1.[U+2]. The average molecular weight is 784 g/mol. The van der Waals surface area contributed by atoms with Gasteiger partial charge in [-0.25, -0.2) is 4.39 Å². The molecule has 5 heterocycles. The first-order valence-corrected chi connectivity index (χ1v) is 12.7. The van der Waals surface area contributed by atoms with Gasteiger partial charge in [0.15, 0.2) is 6.03 Å². The number of amides is 2. The van der Waals surface area contributed by atoms with Crippen LogP contribution in [0.5, 0.6) is 0 Å². The van der Waals surface area contributed by atoms with Gasteiger partial charge in [-0.05, 0) is 56.7 Å². The van der Waals surface area contributed by atoms with Crippen LogP contribution in [0.4, 0.5) is 9.18 Å². The zero-order valence-corrected chi connectivity index (χ0v) is 27.2. The predicted octanol–water partition coefficient (Wildman–Crippen LogP) is 6.37. The predicted molar refractivity (Wildman–Crippen MR) is 149 cm³/mol. The second-order valence-corrected chi connectivity index (χ2v) is 10.0. The van der Waals surface area contributed by atoms with E-state index in [2.05, 4.69) is 51.1 Å². The molecule has 3 aromatic heterocycles. The van der Waals surface area contributed by atoms with Crippen LogP contribution in [0.1, 0.15) is 17.3 Å². The smallest absolute Gasteiger partial charge is 0.640 e. The molecule has 0 spiro atoms. The normalized spacial score (nSPS) is 14.2. The molecule has 7 rings (SSSR count). The van der Waals surface area contributed by atoms with Crippen LogP contribution in [0.15, 0.2) is 48.8 Å². The topological polar surface area (TPSA) is 113 Å². The van der Waals surface area contributed by atoms with Gasteiger partial charge >= 0.3 is 31.1 Å². The number of rotatable bonds is 3. The minimum absolute atomic E-state index is 0. The fourth-order valence-electron chi connectivity index (χ4n) is 5.06. The van der Waals surface area contributed by atoms with Gasteiger partial charge in [0.1, 0.15) is 5.69 Å². The Morgan fingerprint density at radius 3 is 2.60 bits per heavy atom. The van der Waals surface area contributed by atoms with E-state index >= 15 is 0 Å². The number of hydrogen-bond donors (Lipinski definition) is 1. The number of halogens is 2. The van der Waals surface area contributed by atoms with E-state index < -0.39 is 0 Å². The van der Waals surface area contributed by atoms with Gasteiger partial charge < -0.3 is 15.5 Å². The molecular weight excluding hydrogens is 759 g/mol. The molecule has 13 heteroatoms. The summed E-state index contributed by atoms with van der Waals surface area (Å²) < 4.78 is 14.7. The third-order valence-electron chi connectivity index (χ3n) is 7.18. The summed E-state index contributed by atoms with van der Waals surface area (Å²) in [5.74, 6) is -0.333. The van der Waals surface area contributed by atoms with E-state index in [9.17, 15) is 9.18 Å². The second-order valence-electron chi connectivity index (χ2n) is 9.65. The van der Waals surface area contributed by atoms with E-state index in [0.29, 0.717) is 18.1 Å². The summed E-state index contributed by atoms with van der Waals surface area (Å²) in [5, 5.41) is 26.3.